The molecule has 0 bridgehead atoms. The van der Waals surface area contributed by atoms with Crippen LogP contribution >= 0.6 is 0 Å². The molecule has 1 fully saturated rings. The number of hydrogen-bond acceptors (Lipinski definition) is 6. The number of rotatable bonds is 5. The molecule has 0 atom stereocenters. The van der Waals surface area contributed by atoms with Gasteiger partial charge in [0.2, 0.25) is 5.89 Å². The van der Waals surface area contributed by atoms with Crippen LogP contribution in [0.1, 0.15) is 15.9 Å². The minimum Gasteiger partial charge on any atom is -0.465 e. The summed E-state index contributed by atoms with van der Waals surface area (Å²) < 4.78 is 16.0. The summed E-state index contributed by atoms with van der Waals surface area (Å²) in [6.45, 7) is 4.49. The predicted molar refractivity (Wildman–Crippen MR) is 105 cm³/mol. The lowest BCUT2D eigenvalue weighted by Crippen LogP contribution is -2.35. The van der Waals surface area contributed by atoms with Gasteiger partial charge in [-0.15, -0.1) is 0 Å². The van der Waals surface area contributed by atoms with E-state index in [1.54, 1.807) is 30.5 Å². The number of ether oxygens (including phenoxy) is 2. The van der Waals surface area contributed by atoms with Crippen LogP contribution in [-0.2, 0) is 16.0 Å². The van der Waals surface area contributed by atoms with Gasteiger partial charge in [0.15, 0.2) is 5.76 Å². The van der Waals surface area contributed by atoms with Crippen LogP contribution in [-0.4, -0.2) is 49.3 Å². The van der Waals surface area contributed by atoms with E-state index in [-0.39, 0.29) is 5.97 Å². The smallest absolute Gasteiger partial charge is 0.337 e. The zero-order valence-corrected chi connectivity index (χ0v) is 15.8. The molecule has 4 rings (SSSR count). The minimum atomic E-state index is -0.364. The molecule has 144 valence electrons. The van der Waals surface area contributed by atoms with Crippen molar-refractivity contribution in [2.45, 2.75) is 6.54 Å². The van der Waals surface area contributed by atoms with Crippen molar-refractivity contribution in [2.75, 3.05) is 33.4 Å². The van der Waals surface area contributed by atoms with Gasteiger partial charge in [-0.25, -0.2) is 9.78 Å². The van der Waals surface area contributed by atoms with Crippen LogP contribution < -0.4 is 0 Å². The molecule has 0 radical (unpaired) electrons. The summed E-state index contributed by atoms with van der Waals surface area (Å²) in [5, 5.41) is 0. The Morgan fingerprint density at radius 2 is 1.71 bits per heavy atom. The second-order valence-electron chi connectivity index (χ2n) is 6.68. The first kappa shape index (κ1) is 18.4. The summed E-state index contributed by atoms with van der Waals surface area (Å²) in [4.78, 5) is 18.3. The van der Waals surface area contributed by atoms with Crippen molar-refractivity contribution in [3.05, 3.63) is 65.9 Å². The average Bonchev–Trinajstić information content (AvgIpc) is 3.25. The first-order chi connectivity index (χ1) is 13.7. The lowest BCUT2D eigenvalue weighted by molar-refractivity contribution is 0.0342. The van der Waals surface area contributed by atoms with Gasteiger partial charge in [0.1, 0.15) is 0 Å². The van der Waals surface area contributed by atoms with Gasteiger partial charge in [-0.05, 0) is 29.8 Å². The molecule has 6 nitrogen and oxygen atoms in total. The fourth-order valence-corrected chi connectivity index (χ4v) is 3.20. The van der Waals surface area contributed by atoms with E-state index in [1.165, 1.54) is 12.7 Å². The third-order valence-electron chi connectivity index (χ3n) is 4.81. The Kier molecular flexibility index (Phi) is 5.50. The zero-order valence-electron chi connectivity index (χ0n) is 15.8. The maximum Gasteiger partial charge on any atom is 0.337 e. The summed E-state index contributed by atoms with van der Waals surface area (Å²) in [6.07, 6.45) is 1.72. The van der Waals surface area contributed by atoms with Gasteiger partial charge in [0.05, 0.1) is 32.1 Å². The number of esters is 1. The second-order valence-corrected chi connectivity index (χ2v) is 6.68. The number of carbonyl (C=O) groups is 1. The summed E-state index contributed by atoms with van der Waals surface area (Å²) in [7, 11) is 1.36. The van der Waals surface area contributed by atoms with Crippen LogP contribution in [0.15, 0.2) is 59.1 Å². The first-order valence-corrected chi connectivity index (χ1v) is 9.27. The number of nitrogens with zero attached hydrogens (tertiary/aromatic N) is 2. The molecular formula is C22H22N2O4. The highest BCUT2D eigenvalue weighted by atomic mass is 16.5. The van der Waals surface area contributed by atoms with Crippen molar-refractivity contribution >= 4 is 5.97 Å². The van der Waals surface area contributed by atoms with E-state index in [9.17, 15) is 4.79 Å². The molecule has 0 amide bonds. The SMILES string of the molecule is COC(=O)c1ccc(-c2ncc(-c3ccc(CN4CCOCC4)cc3)o2)cc1. The van der Waals surface area contributed by atoms with Crippen molar-refractivity contribution in [1.29, 1.82) is 0 Å². The van der Waals surface area contributed by atoms with Gasteiger partial charge in [0, 0.05) is 30.8 Å². The van der Waals surface area contributed by atoms with Crippen LogP contribution in [0.2, 0.25) is 0 Å². The molecule has 1 aliphatic heterocycles. The summed E-state index contributed by atoms with van der Waals surface area (Å²) >= 11 is 0. The van der Waals surface area contributed by atoms with Crippen molar-refractivity contribution in [1.82, 2.24) is 9.88 Å². The molecule has 3 aromatic rings. The minimum absolute atomic E-state index is 0.364. The van der Waals surface area contributed by atoms with Crippen molar-refractivity contribution in [2.24, 2.45) is 0 Å². The maximum atomic E-state index is 11.5. The van der Waals surface area contributed by atoms with E-state index in [0.717, 1.165) is 44.0 Å². The molecule has 28 heavy (non-hydrogen) atoms. The second kappa shape index (κ2) is 8.37. The highest BCUT2D eigenvalue weighted by Gasteiger charge is 2.12. The van der Waals surface area contributed by atoms with Crippen LogP contribution in [0.3, 0.4) is 0 Å². The topological polar surface area (TPSA) is 64.8 Å². The van der Waals surface area contributed by atoms with Crippen molar-refractivity contribution < 1.29 is 18.7 Å². The Hall–Kier alpha value is -2.96. The normalized spacial score (nSPS) is 14.8. The molecule has 1 aliphatic rings. The van der Waals surface area contributed by atoms with Gasteiger partial charge in [-0.2, -0.15) is 0 Å². The van der Waals surface area contributed by atoms with Crippen molar-refractivity contribution in [3.8, 4) is 22.8 Å². The third-order valence-corrected chi connectivity index (χ3v) is 4.81. The molecule has 6 heteroatoms. The molecule has 2 heterocycles. The fourth-order valence-electron chi connectivity index (χ4n) is 3.20. The molecular weight excluding hydrogens is 356 g/mol. The number of methoxy groups -OCH3 is 1. The number of aromatic nitrogens is 1. The molecule has 2 aromatic carbocycles. The monoisotopic (exact) mass is 378 g/mol. The Balaban J connectivity index is 1.45. The van der Waals surface area contributed by atoms with Gasteiger partial charge in [-0.3, -0.25) is 4.90 Å². The molecule has 0 spiro atoms. The number of oxazole rings is 1. The lowest BCUT2D eigenvalue weighted by atomic mass is 10.1. The largest absolute Gasteiger partial charge is 0.465 e. The van der Waals surface area contributed by atoms with E-state index in [2.05, 4.69) is 34.1 Å². The number of hydrogen-bond donors (Lipinski definition) is 0. The van der Waals surface area contributed by atoms with E-state index in [4.69, 9.17) is 13.9 Å². The Bertz CT molecular complexity index is 926. The standard InChI is InChI=1S/C22H22N2O4/c1-26-22(25)19-8-6-18(7-9-19)21-23-14-20(28-21)17-4-2-16(3-5-17)15-24-10-12-27-13-11-24/h2-9,14H,10-13,15H2,1H3. The zero-order chi connectivity index (χ0) is 19.3. The first-order valence-electron chi connectivity index (χ1n) is 9.27. The summed E-state index contributed by atoms with van der Waals surface area (Å²) in [5.74, 6) is 0.866. The van der Waals surface area contributed by atoms with E-state index < -0.39 is 0 Å². The molecule has 0 unspecified atom stereocenters. The van der Waals surface area contributed by atoms with Crippen LogP contribution in [0, 0.1) is 0 Å². The van der Waals surface area contributed by atoms with Gasteiger partial charge in [-0.1, -0.05) is 24.3 Å². The third kappa shape index (κ3) is 4.13. The predicted octanol–water partition coefficient (Wildman–Crippen LogP) is 3.63. The summed E-state index contributed by atoms with van der Waals surface area (Å²) in [6, 6.07) is 15.4. The van der Waals surface area contributed by atoms with E-state index in [1.807, 2.05) is 0 Å². The molecule has 1 saturated heterocycles. The van der Waals surface area contributed by atoms with Crippen LogP contribution in [0.5, 0.6) is 0 Å². The van der Waals surface area contributed by atoms with Crippen LogP contribution in [0.25, 0.3) is 22.8 Å². The van der Waals surface area contributed by atoms with Gasteiger partial charge in [0.25, 0.3) is 0 Å². The Morgan fingerprint density at radius 3 is 2.39 bits per heavy atom. The highest BCUT2D eigenvalue weighted by molar-refractivity contribution is 5.89. The van der Waals surface area contributed by atoms with Crippen molar-refractivity contribution in [3.63, 3.8) is 0 Å². The molecule has 0 N–H and O–H groups in total. The molecule has 1 aromatic heterocycles. The summed E-state index contributed by atoms with van der Waals surface area (Å²) in [5.41, 5.74) is 3.55. The quantitative estimate of drug-likeness (QED) is 0.632. The molecule has 0 aliphatic carbocycles. The number of benzene rings is 2. The molecule has 0 saturated carbocycles. The average molecular weight is 378 g/mol. The van der Waals surface area contributed by atoms with Gasteiger partial charge < -0.3 is 13.9 Å². The lowest BCUT2D eigenvalue weighted by Gasteiger charge is -2.26. The Morgan fingerprint density at radius 1 is 1.04 bits per heavy atom. The van der Waals surface area contributed by atoms with Gasteiger partial charge >= 0.3 is 5.97 Å². The highest BCUT2D eigenvalue weighted by Crippen LogP contribution is 2.26. The van der Waals surface area contributed by atoms with E-state index in [0.29, 0.717) is 17.2 Å². The number of morpholine rings is 1. The van der Waals surface area contributed by atoms with E-state index >= 15 is 0 Å². The maximum absolute atomic E-state index is 11.5. The number of carbonyl (C=O) groups excluding carboxylic acids is 1. The van der Waals surface area contributed by atoms with Crippen LogP contribution in [0.4, 0.5) is 0 Å². The Labute approximate surface area is 163 Å². The fraction of sp³-hybridized carbons (Fsp3) is 0.273.